The summed E-state index contributed by atoms with van der Waals surface area (Å²) in [7, 11) is -3.41. The van der Waals surface area contributed by atoms with Crippen molar-refractivity contribution in [2.75, 3.05) is 51.1 Å². The maximum absolute atomic E-state index is 13.0. The molecule has 174 valence electrons. The van der Waals surface area contributed by atoms with Crippen molar-refractivity contribution in [1.82, 2.24) is 23.3 Å². The molecule has 1 aromatic carbocycles. The standard InChI is InChI=1S/C22H32N6O3S/c1-19-17-21(28(24-19)20-9-5-4-6-10-20)23-22(29)18-25-13-15-27(16-14-25)32(30,31)26-11-7-2-3-8-12-26/h4-6,9-10,17H,2-3,7-8,11-16,18H2,1H3,(H,23,29). The van der Waals surface area contributed by atoms with Gasteiger partial charge in [0.05, 0.1) is 17.9 Å². The molecule has 0 atom stereocenters. The Balaban J connectivity index is 1.32. The van der Waals surface area contributed by atoms with Crippen molar-refractivity contribution in [3.05, 3.63) is 42.1 Å². The SMILES string of the molecule is Cc1cc(NC(=O)CN2CCN(S(=O)(=O)N3CCCCCC3)CC2)n(-c2ccccc2)n1. The normalized spacial score (nSPS) is 19.5. The lowest BCUT2D eigenvalue weighted by atomic mass is 10.2. The van der Waals surface area contributed by atoms with E-state index in [2.05, 4.69) is 10.4 Å². The molecule has 1 N–H and O–H groups in total. The fraction of sp³-hybridized carbons (Fsp3) is 0.545. The van der Waals surface area contributed by atoms with Gasteiger partial charge in [-0.3, -0.25) is 9.69 Å². The van der Waals surface area contributed by atoms with Crippen molar-refractivity contribution < 1.29 is 13.2 Å². The van der Waals surface area contributed by atoms with Crippen LogP contribution < -0.4 is 5.32 Å². The van der Waals surface area contributed by atoms with E-state index in [1.165, 1.54) is 0 Å². The van der Waals surface area contributed by atoms with Crippen LogP contribution in [0.3, 0.4) is 0 Å². The van der Waals surface area contributed by atoms with Gasteiger partial charge in [0.15, 0.2) is 0 Å². The maximum Gasteiger partial charge on any atom is 0.282 e. The first-order chi connectivity index (χ1) is 15.4. The zero-order chi connectivity index (χ0) is 22.6. The average Bonchev–Trinajstić information content (AvgIpc) is 2.97. The number of hydrogen-bond donors (Lipinski definition) is 1. The van der Waals surface area contributed by atoms with Crippen LogP contribution in [0, 0.1) is 6.92 Å². The Morgan fingerprint density at radius 1 is 0.938 bits per heavy atom. The number of hydrogen-bond acceptors (Lipinski definition) is 5. The van der Waals surface area contributed by atoms with Crippen molar-refractivity contribution in [3.8, 4) is 5.69 Å². The Kier molecular flexibility index (Phi) is 7.24. The molecule has 2 aliphatic heterocycles. The molecule has 2 saturated heterocycles. The van der Waals surface area contributed by atoms with Crippen LogP contribution in [0.25, 0.3) is 5.69 Å². The first kappa shape index (κ1) is 22.9. The van der Waals surface area contributed by atoms with E-state index < -0.39 is 10.2 Å². The summed E-state index contributed by atoms with van der Waals surface area (Å²) < 4.78 is 30.9. The third-order valence-electron chi connectivity index (χ3n) is 6.02. The Labute approximate surface area is 190 Å². The summed E-state index contributed by atoms with van der Waals surface area (Å²) in [6.45, 7) is 5.23. The van der Waals surface area contributed by atoms with Gasteiger partial charge in [-0.1, -0.05) is 31.0 Å². The van der Waals surface area contributed by atoms with E-state index in [0.29, 0.717) is 45.1 Å². The average molecular weight is 461 g/mol. The van der Waals surface area contributed by atoms with Gasteiger partial charge in [-0.05, 0) is 31.9 Å². The molecule has 2 aliphatic rings. The minimum absolute atomic E-state index is 0.133. The molecule has 0 saturated carbocycles. The van der Waals surface area contributed by atoms with Crippen LogP contribution in [0.2, 0.25) is 0 Å². The molecule has 2 fully saturated rings. The van der Waals surface area contributed by atoms with Gasteiger partial charge in [0.25, 0.3) is 10.2 Å². The molecule has 0 spiro atoms. The number of amides is 1. The fourth-order valence-electron chi connectivity index (χ4n) is 4.29. The van der Waals surface area contributed by atoms with Crippen molar-refractivity contribution >= 4 is 21.9 Å². The number of piperazine rings is 1. The molecule has 3 heterocycles. The van der Waals surface area contributed by atoms with Gasteiger partial charge in [-0.15, -0.1) is 0 Å². The Morgan fingerprint density at radius 2 is 1.56 bits per heavy atom. The summed E-state index contributed by atoms with van der Waals surface area (Å²) in [5.41, 5.74) is 1.69. The molecule has 10 heteroatoms. The van der Waals surface area contributed by atoms with Crippen LogP contribution in [-0.4, -0.2) is 83.4 Å². The highest BCUT2D eigenvalue weighted by Crippen LogP contribution is 2.19. The van der Waals surface area contributed by atoms with E-state index in [-0.39, 0.29) is 12.5 Å². The molecule has 0 radical (unpaired) electrons. The van der Waals surface area contributed by atoms with Crippen LogP contribution in [0.4, 0.5) is 5.82 Å². The van der Waals surface area contributed by atoms with E-state index in [0.717, 1.165) is 37.1 Å². The van der Waals surface area contributed by atoms with E-state index in [1.54, 1.807) is 13.3 Å². The largest absolute Gasteiger partial charge is 0.309 e. The zero-order valence-electron chi connectivity index (χ0n) is 18.6. The predicted octanol–water partition coefficient (Wildman–Crippen LogP) is 1.86. The lowest BCUT2D eigenvalue weighted by Crippen LogP contribution is -2.54. The number of aryl methyl sites for hydroxylation is 1. The predicted molar refractivity (Wildman–Crippen MR) is 124 cm³/mol. The quantitative estimate of drug-likeness (QED) is 0.711. The molecular weight excluding hydrogens is 428 g/mol. The highest BCUT2D eigenvalue weighted by molar-refractivity contribution is 7.86. The van der Waals surface area contributed by atoms with Gasteiger partial charge in [-0.2, -0.15) is 22.1 Å². The van der Waals surface area contributed by atoms with E-state index >= 15 is 0 Å². The molecule has 9 nitrogen and oxygen atoms in total. The second kappa shape index (κ2) is 10.1. The lowest BCUT2D eigenvalue weighted by Gasteiger charge is -2.36. The van der Waals surface area contributed by atoms with Crippen LogP contribution in [0.5, 0.6) is 0 Å². The number of nitrogens with one attached hydrogen (secondary N) is 1. The summed E-state index contributed by atoms with van der Waals surface area (Å²) in [4.78, 5) is 14.7. The molecule has 0 aliphatic carbocycles. The number of carbonyl (C=O) groups excluding carboxylic acids is 1. The topological polar surface area (TPSA) is 90.8 Å². The Bertz CT molecular complexity index is 1010. The summed E-state index contributed by atoms with van der Waals surface area (Å²) in [5.74, 6) is 0.493. The van der Waals surface area contributed by atoms with Gasteiger partial charge in [0.1, 0.15) is 5.82 Å². The zero-order valence-corrected chi connectivity index (χ0v) is 19.4. The number of carbonyl (C=O) groups is 1. The number of rotatable bonds is 6. The van der Waals surface area contributed by atoms with Crippen LogP contribution >= 0.6 is 0 Å². The molecular formula is C22H32N6O3S. The maximum atomic E-state index is 13.0. The number of nitrogens with zero attached hydrogens (tertiary/aromatic N) is 5. The van der Waals surface area contributed by atoms with Crippen molar-refractivity contribution in [2.45, 2.75) is 32.6 Å². The third kappa shape index (κ3) is 5.37. The van der Waals surface area contributed by atoms with Gasteiger partial charge >= 0.3 is 0 Å². The smallest absolute Gasteiger partial charge is 0.282 e. The van der Waals surface area contributed by atoms with Crippen molar-refractivity contribution in [3.63, 3.8) is 0 Å². The molecule has 32 heavy (non-hydrogen) atoms. The van der Waals surface area contributed by atoms with Gasteiger partial charge in [0.2, 0.25) is 5.91 Å². The molecule has 1 amide bonds. The summed E-state index contributed by atoms with van der Waals surface area (Å²) in [5, 5.41) is 7.44. The number of anilines is 1. The van der Waals surface area contributed by atoms with E-state index in [9.17, 15) is 13.2 Å². The second-order valence-electron chi connectivity index (χ2n) is 8.46. The van der Waals surface area contributed by atoms with Crippen LogP contribution in [0.1, 0.15) is 31.4 Å². The highest BCUT2D eigenvalue weighted by atomic mass is 32.2. The van der Waals surface area contributed by atoms with Gasteiger partial charge < -0.3 is 5.32 Å². The molecule has 2 aromatic rings. The Morgan fingerprint density at radius 3 is 2.22 bits per heavy atom. The van der Waals surface area contributed by atoms with Crippen LogP contribution in [-0.2, 0) is 15.0 Å². The summed E-state index contributed by atoms with van der Waals surface area (Å²) >= 11 is 0. The third-order valence-corrected chi connectivity index (χ3v) is 8.05. The Hall–Kier alpha value is -2.27. The molecule has 0 unspecified atom stereocenters. The lowest BCUT2D eigenvalue weighted by molar-refractivity contribution is -0.117. The first-order valence-corrected chi connectivity index (χ1v) is 12.7. The monoisotopic (exact) mass is 460 g/mol. The van der Waals surface area contributed by atoms with E-state index in [1.807, 2.05) is 48.2 Å². The molecule has 1 aromatic heterocycles. The van der Waals surface area contributed by atoms with Gasteiger partial charge in [-0.25, -0.2) is 4.68 Å². The minimum Gasteiger partial charge on any atom is -0.309 e. The fourth-order valence-corrected chi connectivity index (χ4v) is 5.97. The van der Waals surface area contributed by atoms with Crippen molar-refractivity contribution in [2.24, 2.45) is 0 Å². The number of benzene rings is 1. The summed E-state index contributed by atoms with van der Waals surface area (Å²) in [6.07, 6.45) is 4.05. The van der Waals surface area contributed by atoms with E-state index in [4.69, 9.17) is 0 Å². The first-order valence-electron chi connectivity index (χ1n) is 11.3. The molecule has 4 rings (SSSR count). The van der Waals surface area contributed by atoms with Crippen LogP contribution in [0.15, 0.2) is 36.4 Å². The number of aromatic nitrogens is 2. The second-order valence-corrected chi connectivity index (χ2v) is 10.4. The highest BCUT2D eigenvalue weighted by Gasteiger charge is 2.32. The minimum atomic E-state index is -3.41. The molecule has 0 bridgehead atoms. The summed E-state index contributed by atoms with van der Waals surface area (Å²) in [6, 6.07) is 11.5. The number of para-hydroxylation sites is 1. The van der Waals surface area contributed by atoms with Gasteiger partial charge in [0, 0.05) is 45.3 Å². The van der Waals surface area contributed by atoms with Crippen molar-refractivity contribution in [1.29, 1.82) is 0 Å².